The molecule has 0 unspecified atom stereocenters. The predicted octanol–water partition coefficient (Wildman–Crippen LogP) is 2.33. The fourth-order valence-corrected chi connectivity index (χ4v) is 1.10. The lowest BCUT2D eigenvalue weighted by Crippen LogP contribution is -1.92. The lowest BCUT2D eigenvalue weighted by Gasteiger charge is -2.00. The van der Waals surface area contributed by atoms with Crippen molar-refractivity contribution in [2.24, 2.45) is 0 Å². The largest absolute Gasteiger partial charge is 0.309 e. The van der Waals surface area contributed by atoms with Gasteiger partial charge in [0.2, 0.25) is 0 Å². The maximum absolute atomic E-state index is 7.16. The SMILES string of the molecule is CCc1ccc(/C(C=N)=C/C=N)nc1. The fourth-order valence-electron chi connectivity index (χ4n) is 1.10. The van der Waals surface area contributed by atoms with Gasteiger partial charge < -0.3 is 10.8 Å². The molecule has 0 amide bonds. The molecule has 0 atom stereocenters. The fraction of sp³-hybridized carbons (Fsp3) is 0.182. The van der Waals surface area contributed by atoms with Gasteiger partial charge in [0.15, 0.2) is 0 Å². The maximum atomic E-state index is 7.16. The Kier molecular flexibility index (Phi) is 3.73. The van der Waals surface area contributed by atoms with Gasteiger partial charge in [0.25, 0.3) is 0 Å². The van der Waals surface area contributed by atoms with E-state index in [0.29, 0.717) is 5.57 Å². The van der Waals surface area contributed by atoms with E-state index in [1.165, 1.54) is 11.8 Å². The number of allylic oxidation sites excluding steroid dienone is 2. The number of nitrogens with zero attached hydrogens (tertiary/aromatic N) is 1. The van der Waals surface area contributed by atoms with E-state index >= 15 is 0 Å². The molecule has 1 aromatic heterocycles. The highest BCUT2D eigenvalue weighted by Gasteiger charge is 1.98. The number of hydrogen-bond acceptors (Lipinski definition) is 3. The number of rotatable bonds is 4. The van der Waals surface area contributed by atoms with Crippen LogP contribution in [0.3, 0.4) is 0 Å². The Morgan fingerprint density at radius 3 is 2.64 bits per heavy atom. The molecule has 0 radical (unpaired) electrons. The molecule has 1 rings (SSSR count). The van der Waals surface area contributed by atoms with E-state index < -0.39 is 0 Å². The smallest absolute Gasteiger partial charge is 0.0717 e. The quantitative estimate of drug-likeness (QED) is 0.698. The highest BCUT2D eigenvalue weighted by molar-refractivity contribution is 6.11. The standard InChI is InChI=1S/C11H13N3/c1-2-9-3-4-11(14-8-9)10(7-13)5-6-12/h3-8,12-13H,2H2,1H3/b10-5+,12-6?,13-7?. The first kappa shape index (κ1) is 10.3. The van der Waals surface area contributed by atoms with Crippen LogP contribution in [0.5, 0.6) is 0 Å². The molecule has 3 nitrogen and oxygen atoms in total. The molecular weight excluding hydrogens is 174 g/mol. The van der Waals surface area contributed by atoms with Crippen molar-refractivity contribution < 1.29 is 0 Å². The lowest BCUT2D eigenvalue weighted by molar-refractivity contribution is 1.10. The van der Waals surface area contributed by atoms with Gasteiger partial charge in [0.1, 0.15) is 0 Å². The van der Waals surface area contributed by atoms with E-state index in [2.05, 4.69) is 11.9 Å². The third-order valence-corrected chi connectivity index (χ3v) is 1.95. The zero-order valence-corrected chi connectivity index (χ0v) is 8.12. The summed E-state index contributed by atoms with van der Waals surface area (Å²) in [5, 5.41) is 14.1. The summed E-state index contributed by atoms with van der Waals surface area (Å²) in [7, 11) is 0. The summed E-state index contributed by atoms with van der Waals surface area (Å²) in [4.78, 5) is 4.22. The second-order valence-corrected chi connectivity index (χ2v) is 2.84. The van der Waals surface area contributed by atoms with Gasteiger partial charge in [-0.15, -0.1) is 0 Å². The molecule has 0 fully saturated rings. The van der Waals surface area contributed by atoms with E-state index in [1.807, 2.05) is 12.1 Å². The average Bonchev–Trinajstić information content (AvgIpc) is 2.26. The third kappa shape index (κ3) is 2.36. The van der Waals surface area contributed by atoms with Crippen LogP contribution >= 0.6 is 0 Å². The maximum Gasteiger partial charge on any atom is 0.0717 e. The van der Waals surface area contributed by atoms with Crippen LogP contribution in [0.2, 0.25) is 0 Å². The van der Waals surface area contributed by atoms with E-state index in [-0.39, 0.29) is 0 Å². The van der Waals surface area contributed by atoms with Gasteiger partial charge in [-0.25, -0.2) is 0 Å². The lowest BCUT2D eigenvalue weighted by atomic mass is 10.1. The molecule has 3 heteroatoms. The van der Waals surface area contributed by atoms with Crippen molar-refractivity contribution in [1.82, 2.24) is 4.98 Å². The number of hydrogen-bond donors (Lipinski definition) is 2. The van der Waals surface area contributed by atoms with E-state index in [9.17, 15) is 0 Å². The minimum Gasteiger partial charge on any atom is -0.309 e. The Balaban J connectivity index is 3.00. The molecule has 0 saturated heterocycles. The summed E-state index contributed by atoms with van der Waals surface area (Å²) in [6.45, 7) is 2.07. The second-order valence-electron chi connectivity index (χ2n) is 2.84. The molecular formula is C11H13N3. The second kappa shape index (κ2) is 5.07. The normalized spacial score (nSPS) is 11.1. The topological polar surface area (TPSA) is 60.6 Å². The van der Waals surface area contributed by atoms with Crippen LogP contribution in [0.1, 0.15) is 18.2 Å². The van der Waals surface area contributed by atoms with Crippen molar-refractivity contribution in [3.63, 3.8) is 0 Å². The summed E-state index contributed by atoms with van der Waals surface area (Å²) in [6, 6.07) is 3.86. The van der Waals surface area contributed by atoms with Gasteiger partial charge in [-0.2, -0.15) is 0 Å². The highest BCUT2D eigenvalue weighted by Crippen LogP contribution is 2.09. The van der Waals surface area contributed by atoms with Crippen molar-refractivity contribution >= 4 is 18.0 Å². The molecule has 0 aromatic carbocycles. The van der Waals surface area contributed by atoms with Gasteiger partial charge in [0, 0.05) is 24.2 Å². The van der Waals surface area contributed by atoms with Crippen LogP contribution in [0.25, 0.3) is 5.57 Å². The number of pyridine rings is 1. The minimum atomic E-state index is 0.655. The van der Waals surface area contributed by atoms with Crippen LogP contribution in [-0.4, -0.2) is 17.4 Å². The molecule has 1 heterocycles. The summed E-state index contributed by atoms with van der Waals surface area (Å²) in [5.41, 5.74) is 2.57. The van der Waals surface area contributed by atoms with Crippen LogP contribution < -0.4 is 0 Å². The highest BCUT2D eigenvalue weighted by atomic mass is 14.7. The molecule has 2 N–H and O–H groups in total. The third-order valence-electron chi connectivity index (χ3n) is 1.95. The number of aromatic nitrogens is 1. The molecule has 0 spiro atoms. The summed E-state index contributed by atoms with van der Waals surface area (Å²) >= 11 is 0. The van der Waals surface area contributed by atoms with Gasteiger partial charge >= 0.3 is 0 Å². The number of aryl methyl sites for hydroxylation is 1. The van der Waals surface area contributed by atoms with E-state index in [0.717, 1.165) is 18.3 Å². The Morgan fingerprint density at radius 2 is 2.21 bits per heavy atom. The monoisotopic (exact) mass is 187 g/mol. The summed E-state index contributed by atoms with van der Waals surface area (Å²) in [5.74, 6) is 0. The zero-order valence-electron chi connectivity index (χ0n) is 8.12. The van der Waals surface area contributed by atoms with E-state index in [4.69, 9.17) is 10.8 Å². The zero-order chi connectivity index (χ0) is 10.4. The molecule has 0 aliphatic heterocycles. The molecule has 1 aromatic rings. The van der Waals surface area contributed by atoms with Crippen molar-refractivity contribution in [3.05, 3.63) is 35.7 Å². The van der Waals surface area contributed by atoms with Crippen molar-refractivity contribution in [3.8, 4) is 0 Å². The Bertz CT molecular complexity index is 349. The van der Waals surface area contributed by atoms with Crippen molar-refractivity contribution in [2.75, 3.05) is 0 Å². The molecule has 0 aliphatic rings. The first-order valence-corrected chi connectivity index (χ1v) is 4.48. The molecule has 0 aliphatic carbocycles. The van der Waals surface area contributed by atoms with Crippen LogP contribution in [0.15, 0.2) is 24.4 Å². The molecule has 0 saturated carbocycles. The summed E-state index contributed by atoms with van der Waals surface area (Å²) in [6.07, 6.45) is 6.69. The van der Waals surface area contributed by atoms with Crippen molar-refractivity contribution in [1.29, 1.82) is 10.8 Å². The van der Waals surface area contributed by atoms with Gasteiger partial charge in [-0.3, -0.25) is 4.98 Å². The molecule has 14 heavy (non-hydrogen) atoms. The Morgan fingerprint density at radius 1 is 1.43 bits per heavy atom. The average molecular weight is 187 g/mol. The van der Waals surface area contributed by atoms with Gasteiger partial charge in [-0.1, -0.05) is 13.0 Å². The van der Waals surface area contributed by atoms with Crippen LogP contribution in [0.4, 0.5) is 0 Å². The molecule has 0 bridgehead atoms. The van der Waals surface area contributed by atoms with Crippen molar-refractivity contribution in [2.45, 2.75) is 13.3 Å². The number of nitrogens with one attached hydrogen (secondary N) is 2. The first-order valence-electron chi connectivity index (χ1n) is 4.48. The first-order chi connectivity index (χ1) is 6.81. The van der Waals surface area contributed by atoms with Gasteiger partial charge in [-0.05, 0) is 24.1 Å². The van der Waals surface area contributed by atoms with E-state index in [1.54, 1.807) is 12.3 Å². The Hall–Kier alpha value is -1.77. The predicted molar refractivity (Wildman–Crippen MR) is 59.2 cm³/mol. The van der Waals surface area contributed by atoms with Crippen LogP contribution in [0, 0.1) is 10.8 Å². The molecule has 72 valence electrons. The van der Waals surface area contributed by atoms with Crippen LogP contribution in [-0.2, 0) is 6.42 Å². The summed E-state index contributed by atoms with van der Waals surface area (Å²) < 4.78 is 0. The minimum absolute atomic E-state index is 0.655. The Labute approximate surface area is 83.5 Å². The van der Waals surface area contributed by atoms with Gasteiger partial charge in [0.05, 0.1) is 5.69 Å².